The van der Waals surface area contributed by atoms with Crippen LogP contribution in [0.5, 0.6) is 0 Å². The van der Waals surface area contributed by atoms with Crippen molar-refractivity contribution in [3.63, 3.8) is 0 Å². The minimum atomic E-state index is -0.292. The fourth-order valence-electron chi connectivity index (χ4n) is 0.697. The highest BCUT2D eigenvalue weighted by Crippen LogP contribution is 2.22. The van der Waals surface area contributed by atoms with E-state index in [0.717, 1.165) is 0 Å². The van der Waals surface area contributed by atoms with Crippen LogP contribution in [0.15, 0.2) is 36.9 Å². The third kappa shape index (κ3) is 0.672. The van der Waals surface area contributed by atoms with E-state index < -0.39 is 0 Å². The Morgan fingerprint density at radius 2 is 2.40 bits per heavy atom. The summed E-state index contributed by atoms with van der Waals surface area (Å²) in [5.41, 5.74) is 0. The maximum Gasteiger partial charge on any atom is 0.207 e. The van der Waals surface area contributed by atoms with Crippen LogP contribution in [0.4, 0.5) is 0 Å². The fraction of sp³-hybridized carbons (Fsp3) is 0.250. The molecule has 0 bridgehead atoms. The minimum Gasteiger partial charge on any atom is -0.156 e. The lowest BCUT2D eigenvalue weighted by Gasteiger charge is -2.04. The predicted octanol–water partition coefficient (Wildman–Crippen LogP) is 1.68. The molecule has 2 aliphatic rings. The van der Waals surface area contributed by atoms with Gasteiger partial charge in [0.15, 0.2) is 6.04 Å². The van der Waals surface area contributed by atoms with Gasteiger partial charge in [0.25, 0.3) is 0 Å². The molecule has 0 saturated heterocycles. The lowest BCUT2D eigenvalue weighted by molar-refractivity contribution is 0.942. The van der Waals surface area contributed by atoms with Crippen molar-refractivity contribution in [1.82, 2.24) is 0 Å². The molecule has 0 N–H and O–H groups in total. The summed E-state index contributed by atoms with van der Waals surface area (Å²) in [5.74, 6) is 0.465. The van der Waals surface area contributed by atoms with Gasteiger partial charge in [-0.25, -0.2) is 0 Å². The molecule has 2 aliphatic heterocycles. The standard InChI is InChI=1S/C4H2ClN5/c5-2-1-6-8-4-3(2)7-10-9-4/h1,3H. The molecule has 5 nitrogen and oxygen atoms in total. The van der Waals surface area contributed by atoms with E-state index in [2.05, 4.69) is 25.7 Å². The van der Waals surface area contributed by atoms with Gasteiger partial charge in [0.05, 0.1) is 11.2 Å². The summed E-state index contributed by atoms with van der Waals surface area (Å²) in [6, 6.07) is -0.292. The number of fused-ring (bicyclic) bond motifs is 1. The van der Waals surface area contributed by atoms with Crippen molar-refractivity contribution in [2.24, 2.45) is 25.7 Å². The van der Waals surface area contributed by atoms with E-state index in [4.69, 9.17) is 11.6 Å². The molecule has 0 radical (unpaired) electrons. The average molecular weight is 156 g/mol. The molecule has 6 heteroatoms. The van der Waals surface area contributed by atoms with Gasteiger partial charge < -0.3 is 0 Å². The molecular weight excluding hydrogens is 154 g/mol. The topological polar surface area (TPSA) is 61.8 Å². The first-order valence-corrected chi connectivity index (χ1v) is 3.00. The molecular formula is C4H2ClN5. The lowest BCUT2D eigenvalue weighted by Crippen LogP contribution is -2.15. The van der Waals surface area contributed by atoms with E-state index in [9.17, 15) is 0 Å². The van der Waals surface area contributed by atoms with Crippen LogP contribution < -0.4 is 0 Å². The Bertz CT molecular complexity index is 275. The van der Waals surface area contributed by atoms with Crippen molar-refractivity contribution in [1.29, 1.82) is 0 Å². The summed E-state index contributed by atoms with van der Waals surface area (Å²) in [7, 11) is 0. The van der Waals surface area contributed by atoms with Gasteiger partial charge in [-0.1, -0.05) is 11.6 Å². The summed E-state index contributed by atoms with van der Waals surface area (Å²) >= 11 is 5.69. The summed E-state index contributed by atoms with van der Waals surface area (Å²) < 4.78 is 0. The maximum absolute atomic E-state index is 5.69. The number of azo groups is 1. The Labute approximate surface area is 61.2 Å². The average Bonchev–Trinajstić information content (AvgIpc) is 2.36. The second-order valence-corrected chi connectivity index (χ2v) is 2.23. The van der Waals surface area contributed by atoms with Crippen molar-refractivity contribution in [3.05, 3.63) is 11.2 Å². The Morgan fingerprint density at radius 1 is 1.50 bits per heavy atom. The van der Waals surface area contributed by atoms with Gasteiger partial charge in [0, 0.05) is 0 Å². The summed E-state index contributed by atoms with van der Waals surface area (Å²) in [6.07, 6.45) is 1.44. The van der Waals surface area contributed by atoms with E-state index >= 15 is 0 Å². The molecule has 0 aromatic heterocycles. The second kappa shape index (κ2) is 1.95. The van der Waals surface area contributed by atoms with E-state index in [1.165, 1.54) is 6.20 Å². The highest BCUT2D eigenvalue weighted by atomic mass is 35.5. The molecule has 50 valence electrons. The van der Waals surface area contributed by atoms with E-state index in [1.807, 2.05) is 0 Å². The summed E-state index contributed by atoms with van der Waals surface area (Å²) in [4.78, 5) is 0. The lowest BCUT2D eigenvalue weighted by atomic mass is 10.3. The van der Waals surface area contributed by atoms with Crippen molar-refractivity contribution in [2.75, 3.05) is 0 Å². The number of hydrogen-bond acceptors (Lipinski definition) is 5. The molecule has 10 heavy (non-hydrogen) atoms. The van der Waals surface area contributed by atoms with Gasteiger partial charge in [-0.15, -0.1) is 10.2 Å². The van der Waals surface area contributed by atoms with E-state index in [1.54, 1.807) is 0 Å². The summed E-state index contributed by atoms with van der Waals surface area (Å²) in [5, 5.41) is 18.5. The smallest absolute Gasteiger partial charge is 0.156 e. The zero-order valence-corrected chi connectivity index (χ0v) is 5.52. The van der Waals surface area contributed by atoms with E-state index in [0.29, 0.717) is 10.9 Å². The molecule has 2 rings (SSSR count). The molecule has 0 amide bonds. The van der Waals surface area contributed by atoms with Crippen LogP contribution >= 0.6 is 11.6 Å². The molecule has 0 aromatic rings. The number of nitrogens with zero attached hydrogens (tertiary/aromatic N) is 5. The molecule has 0 saturated carbocycles. The van der Waals surface area contributed by atoms with Gasteiger partial charge in [0.1, 0.15) is 0 Å². The molecule has 0 spiro atoms. The Kier molecular flexibility index (Phi) is 1.10. The first kappa shape index (κ1) is 5.67. The van der Waals surface area contributed by atoms with Crippen molar-refractivity contribution in [2.45, 2.75) is 6.04 Å². The van der Waals surface area contributed by atoms with Gasteiger partial charge >= 0.3 is 0 Å². The quantitative estimate of drug-likeness (QED) is 0.511. The highest BCUT2D eigenvalue weighted by Gasteiger charge is 2.25. The SMILES string of the molecule is ClC1=CN=NC2=NN=NC12. The zero-order chi connectivity index (χ0) is 6.97. The number of rotatable bonds is 0. The fourth-order valence-corrected chi connectivity index (χ4v) is 0.881. The van der Waals surface area contributed by atoms with E-state index in [-0.39, 0.29) is 6.04 Å². The van der Waals surface area contributed by atoms with Crippen molar-refractivity contribution in [3.8, 4) is 0 Å². The number of amidine groups is 1. The number of hydrogen-bond donors (Lipinski definition) is 0. The van der Waals surface area contributed by atoms with Gasteiger partial charge in [-0.05, 0) is 5.22 Å². The third-order valence-electron chi connectivity index (χ3n) is 1.16. The van der Waals surface area contributed by atoms with Crippen LogP contribution in [0.25, 0.3) is 0 Å². The Balaban J connectivity index is 2.43. The van der Waals surface area contributed by atoms with Gasteiger partial charge in [0.2, 0.25) is 5.84 Å². The summed E-state index contributed by atoms with van der Waals surface area (Å²) in [6.45, 7) is 0. The predicted molar refractivity (Wildman–Crippen MR) is 34.9 cm³/mol. The first-order chi connectivity index (χ1) is 4.88. The minimum absolute atomic E-state index is 0.292. The van der Waals surface area contributed by atoms with Crippen LogP contribution in [0.3, 0.4) is 0 Å². The maximum atomic E-state index is 5.69. The van der Waals surface area contributed by atoms with Crippen LogP contribution in [-0.4, -0.2) is 11.9 Å². The van der Waals surface area contributed by atoms with Crippen molar-refractivity contribution < 1.29 is 0 Å². The largest absolute Gasteiger partial charge is 0.207 e. The van der Waals surface area contributed by atoms with Crippen LogP contribution in [0.1, 0.15) is 0 Å². The van der Waals surface area contributed by atoms with Crippen LogP contribution in [-0.2, 0) is 0 Å². The molecule has 1 unspecified atom stereocenters. The number of halogens is 1. The molecule has 2 heterocycles. The molecule has 1 atom stereocenters. The van der Waals surface area contributed by atoms with Crippen molar-refractivity contribution >= 4 is 17.4 Å². The third-order valence-corrected chi connectivity index (χ3v) is 1.47. The monoisotopic (exact) mass is 155 g/mol. The van der Waals surface area contributed by atoms with Gasteiger partial charge in [-0.2, -0.15) is 10.2 Å². The second-order valence-electron chi connectivity index (χ2n) is 1.80. The normalized spacial score (nSPS) is 27.9. The molecule has 0 aliphatic carbocycles. The highest BCUT2D eigenvalue weighted by molar-refractivity contribution is 6.32. The van der Waals surface area contributed by atoms with Crippen LogP contribution in [0, 0.1) is 0 Å². The zero-order valence-electron chi connectivity index (χ0n) is 4.77. The van der Waals surface area contributed by atoms with Gasteiger partial charge in [-0.3, -0.25) is 0 Å². The van der Waals surface area contributed by atoms with Crippen LogP contribution in [0.2, 0.25) is 0 Å². The Hall–Kier alpha value is -1.10. The Morgan fingerprint density at radius 3 is 3.20 bits per heavy atom. The first-order valence-electron chi connectivity index (χ1n) is 2.62. The molecule has 0 aromatic carbocycles. The molecule has 0 fully saturated rings.